The molecule has 12 heteroatoms. The lowest BCUT2D eigenvalue weighted by molar-refractivity contribution is -0.140. The van der Waals surface area contributed by atoms with Gasteiger partial charge in [-0.15, -0.1) is 0 Å². The molecule has 0 fully saturated rings. The van der Waals surface area contributed by atoms with Crippen molar-refractivity contribution in [2.45, 2.75) is 51.9 Å². The summed E-state index contributed by atoms with van der Waals surface area (Å²) in [5, 5.41) is 2.20. The second-order valence-electron chi connectivity index (χ2n) is 8.51. The van der Waals surface area contributed by atoms with E-state index in [0.29, 0.717) is 22.5 Å². The Morgan fingerprint density at radius 3 is 2.27 bits per heavy atom. The van der Waals surface area contributed by atoms with Crippen molar-refractivity contribution < 1.29 is 31.2 Å². The van der Waals surface area contributed by atoms with E-state index in [2.05, 4.69) is 5.32 Å². The molecule has 7 nitrogen and oxygen atoms in total. The highest BCUT2D eigenvalue weighted by molar-refractivity contribution is 7.92. The van der Waals surface area contributed by atoms with Gasteiger partial charge in [0.2, 0.25) is 21.8 Å². The number of nitrogens with zero attached hydrogens (tertiary/aromatic N) is 2. The Labute approximate surface area is 220 Å². The zero-order valence-electron chi connectivity index (χ0n) is 20.9. The number of anilines is 1. The van der Waals surface area contributed by atoms with Crippen LogP contribution in [0.3, 0.4) is 0 Å². The molecule has 1 atom stereocenters. The number of nitrogens with one attached hydrogen (secondary N) is 1. The van der Waals surface area contributed by atoms with Gasteiger partial charge in [0.05, 0.1) is 22.5 Å². The Bertz CT molecular complexity index is 1180. The van der Waals surface area contributed by atoms with Crippen molar-refractivity contribution in [1.29, 1.82) is 0 Å². The van der Waals surface area contributed by atoms with Crippen LogP contribution in [0.1, 0.15) is 44.2 Å². The van der Waals surface area contributed by atoms with Gasteiger partial charge < -0.3 is 10.2 Å². The number of carbonyl (C=O) groups excluding carboxylic acids is 2. The second-order valence-corrected chi connectivity index (χ2v) is 10.8. The van der Waals surface area contributed by atoms with Crippen molar-refractivity contribution in [3.05, 3.63) is 64.7 Å². The Morgan fingerprint density at radius 2 is 1.73 bits per heavy atom. The largest absolute Gasteiger partial charge is 0.417 e. The summed E-state index contributed by atoms with van der Waals surface area (Å²) in [6.45, 7) is 3.31. The number of benzene rings is 2. The molecule has 37 heavy (non-hydrogen) atoms. The number of unbranched alkanes of at least 4 members (excludes halogenated alkanes) is 1. The third-order valence-electron chi connectivity index (χ3n) is 5.63. The summed E-state index contributed by atoms with van der Waals surface area (Å²) in [4.78, 5) is 27.8. The average molecular weight is 562 g/mol. The predicted molar refractivity (Wildman–Crippen MR) is 138 cm³/mol. The van der Waals surface area contributed by atoms with Crippen molar-refractivity contribution >= 4 is 39.1 Å². The van der Waals surface area contributed by atoms with E-state index < -0.39 is 51.2 Å². The van der Waals surface area contributed by atoms with E-state index in [1.807, 2.05) is 6.92 Å². The fourth-order valence-electron chi connectivity index (χ4n) is 3.71. The number of hydrogen-bond donors (Lipinski definition) is 1. The van der Waals surface area contributed by atoms with Crippen LogP contribution in [0.4, 0.5) is 18.9 Å². The van der Waals surface area contributed by atoms with Gasteiger partial charge in [-0.1, -0.05) is 62.2 Å². The van der Waals surface area contributed by atoms with Crippen LogP contribution >= 0.6 is 11.6 Å². The van der Waals surface area contributed by atoms with Crippen molar-refractivity contribution in [3.63, 3.8) is 0 Å². The number of carbonyl (C=O) groups is 2. The molecule has 0 unspecified atom stereocenters. The first-order chi connectivity index (χ1) is 17.3. The molecule has 0 spiro atoms. The first kappa shape index (κ1) is 30.4. The molecule has 2 rings (SSSR count). The van der Waals surface area contributed by atoms with Gasteiger partial charge in [-0.05, 0) is 36.6 Å². The molecular formula is C25H31ClF3N3O4S. The van der Waals surface area contributed by atoms with E-state index >= 15 is 0 Å². The number of sulfonamides is 1. The van der Waals surface area contributed by atoms with Crippen LogP contribution in [0.25, 0.3) is 0 Å². The van der Waals surface area contributed by atoms with Gasteiger partial charge in [0.25, 0.3) is 0 Å². The van der Waals surface area contributed by atoms with Gasteiger partial charge in [0.15, 0.2) is 0 Å². The normalized spacial score (nSPS) is 12.6. The van der Waals surface area contributed by atoms with Gasteiger partial charge in [-0.2, -0.15) is 13.2 Å². The van der Waals surface area contributed by atoms with E-state index in [1.54, 1.807) is 37.3 Å². The zero-order valence-corrected chi connectivity index (χ0v) is 22.5. The van der Waals surface area contributed by atoms with Gasteiger partial charge in [-0.3, -0.25) is 13.9 Å². The fourth-order valence-corrected chi connectivity index (χ4v) is 4.77. The summed E-state index contributed by atoms with van der Waals surface area (Å²) in [6.07, 6.45) is -2.20. The smallest absolute Gasteiger partial charge is 0.354 e. The minimum absolute atomic E-state index is 0.00536. The van der Waals surface area contributed by atoms with Crippen LogP contribution in [0.2, 0.25) is 5.02 Å². The Kier molecular flexibility index (Phi) is 10.8. The molecule has 204 valence electrons. The van der Waals surface area contributed by atoms with Gasteiger partial charge >= 0.3 is 6.18 Å². The summed E-state index contributed by atoms with van der Waals surface area (Å²) in [7, 11) is -4.19. The van der Waals surface area contributed by atoms with Crippen LogP contribution in [-0.4, -0.2) is 50.5 Å². The molecule has 2 aromatic carbocycles. The lowest BCUT2D eigenvalue weighted by Gasteiger charge is -2.33. The van der Waals surface area contributed by atoms with Crippen molar-refractivity contribution in [3.8, 4) is 0 Å². The van der Waals surface area contributed by atoms with Crippen molar-refractivity contribution in [2.75, 3.05) is 23.7 Å². The van der Waals surface area contributed by atoms with Gasteiger partial charge in [0, 0.05) is 13.1 Å². The quantitative estimate of drug-likeness (QED) is 0.375. The molecule has 0 aliphatic heterocycles. The highest BCUT2D eigenvalue weighted by atomic mass is 35.5. The van der Waals surface area contributed by atoms with E-state index in [4.69, 9.17) is 11.6 Å². The van der Waals surface area contributed by atoms with Crippen molar-refractivity contribution in [2.24, 2.45) is 0 Å². The molecule has 0 aromatic heterocycles. The first-order valence-corrected chi connectivity index (χ1v) is 14.0. The zero-order chi connectivity index (χ0) is 27.8. The number of alkyl halides is 3. The predicted octanol–water partition coefficient (Wildman–Crippen LogP) is 4.85. The Hall–Kier alpha value is -2.79. The minimum atomic E-state index is -4.83. The lowest BCUT2D eigenvalue weighted by atomic mass is 10.1. The average Bonchev–Trinajstić information content (AvgIpc) is 2.82. The molecular weight excluding hydrogens is 531 g/mol. The topological polar surface area (TPSA) is 86.8 Å². The number of halogens is 4. The maximum Gasteiger partial charge on any atom is 0.417 e. The Morgan fingerprint density at radius 1 is 1.08 bits per heavy atom. The molecule has 0 heterocycles. The summed E-state index contributed by atoms with van der Waals surface area (Å²) in [5.74, 6) is -1.13. The first-order valence-electron chi connectivity index (χ1n) is 11.7. The summed E-state index contributed by atoms with van der Waals surface area (Å²) < 4.78 is 66.0. The molecule has 0 aliphatic carbocycles. The molecule has 0 aliphatic rings. The molecule has 0 saturated heterocycles. The molecule has 2 aromatic rings. The molecule has 2 amide bonds. The number of hydrogen-bond acceptors (Lipinski definition) is 4. The third kappa shape index (κ3) is 8.63. The highest BCUT2D eigenvalue weighted by Crippen LogP contribution is 2.37. The van der Waals surface area contributed by atoms with Crippen LogP contribution in [0.15, 0.2) is 48.5 Å². The molecule has 0 radical (unpaired) electrons. The number of amides is 2. The summed E-state index contributed by atoms with van der Waals surface area (Å²) in [5.41, 5.74) is -0.893. The standard InChI is InChI=1S/C25H31ClF3N3O4S/c1-4-6-14-30-24(34)22(5-2)31(16-18-10-8-7-9-11-18)23(33)17-32(37(3,35)36)19-12-13-21(26)20(15-19)25(27,28)29/h7-13,15,22H,4-6,14,16-17H2,1-3H3,(H,30,34)/t22-/m0/s1. The SMILES string of the molecule is CCCCNC(=O)[C@H](CC)N(Cc1ccccc1)C(=O)CN(c1ccc(Cl)c(C(F)(F)F)c1)S(C)(=O)=O. The lowest BCUT2D eigenvalue weighted by Crippen LogP contribution is -2.52. The van der Waals surface area contributed by atoms with E-state index in [0.717, 1.165) is 31.2 Å². The summed E-state index contributed by atoms with van der Waals surface area (Å²) in [6, 6.07) is 10.5. The Balaban J connectivity index is 2.46. The second kappa shape index (κ2) is 13.1. The summed E-state index contributed by atoms with van der Waals surface area (Å²) >= 11 is 5.69. The maximum atomic E-state index is 13.6. The van der Waals surface area contributed by atoms with E-state index in [9.17, 15) is 31.2 Å². The van der Waals surface area contributed by atoms with Crippen molar-refractivity contribution in [1.82, 2.24) is 10.2 Å². The molecule has 0 saturated carbocycles. The van der Waals surface area contributed by atoms with E-state index in [-0.39, 0.29) is 18.7 Å². The van der Waals surface area contributed by atoms with Crippen LogP contribution in [0.5, 0.6) is 0 Å². The van der Waals surface area contributed by atoms with Gasteiger partial charge in [-0.25, -0.2) is 8.42 Å². The number of rotatable bonds is 12. The van der Waals surface area contributed by atoms with Gasteiger partial charge in [0.1, 0.15) is 12.6 Å². The molecule has 1 N–H and O–H groups in total. The fraction of sp³-hybridized carbons (Fsp3) is 0.440. The third-order valence-corrected chi connectivity index (χ3v) is 7.10. The van der Waals surface area contributed by atoms with Crippen LogP contribution < -0.4 is 9.62 Å². The highest BCUT2D eigenvalue weighted by Gasteiger charge is 2.36. The molecule has 0 bridgehead atoms. The van der Waals surface area contributed by atoms with E-state index in [1.165, 1.54) is 4.90 Å². The van der Waals surface area contributed by atoms with Crippen LogP contribution in [-0.2, 0) is 32.3 Å². The minimum Gasteiger partial charge on any atom is -0.354 e. The van der Waals surface area contributed by atoms with Crippen LogP contribution in [0, 0.1) is 0 Å². The maximum absolute atomic E-state index is 13.6. The monoisotopic (exact) mass is 561 g/mol.